The molecule has 0 unspecified atom stereocenters. The second-order valence-corrected chi connectivity index (χ2v) is 7.66. The van der Waals surface area contributed by atoms with Gasteiger partial charge in [0.05, 0.1) is 19.1 Å². The zero-order valence-electron chi connectivity index (χ0n) is 15.7. The molecule has 2 aliphatic rings. The Kier molecular flexibility index (Phi) is 7.72. The van der Waals surface area contributed by atoms with Crippen LogP contribution in [0.5, 0.6) is 0 Å². The van der Waals surface area contributed by atoms with Crippen molar-refractivity contribution < 1.29 is 19.1 Å². The summed E-state index contributed by atoms with van der Waals surface area (Å²) in [5.41, 5.74) is -1.77. The van der Waals surface area contributed by atoms with Crippen molar-refractivity contribution in [3.63, 3.8) is 0 Å². The van der Waals surface area contributed by atoms with E-state index in [4.69, 9.17) is 17.0 Å². The second-order valence-electron chi connectivity index (χ2n) is 7.25. The maximum absolute atomic E-state index is 13.1. The van der Waals surface area contributed by atoms with Gasteiger partial charge in [-0.1, -0.05) is 44.9 Å². The first-order valence-electron chi connectivity index (χ1n) is 9.61. The zero-order chi connectivity index (χ0) is 19.9. The minimum atomic E-state index is -1.77. The Bertz CT molecular complexity index is 645. The molecule has 8 heteroatoms. The number of nitrogens with zero attached hydrogens (tertiary/aromatic N) is 1. The molecular formula is C19H27N3O4S. The van der Waals surface area contributed by atoms with Crippen LogP contribution in [-0.2, 0) is 19.1 Å². The highest BCUT2D eigenvalue weighted by molar-refractivity contribution is 7.80. The molecule has 0 spiro atoms. The number of rotatable bonds is 2. The quantitative estimate of drug-likeness (QED) is 0.546. The third-order valence-electron chi connectivity index (χ3n) is 5.53. The molecule has 7 nitrogen and oxygen atoms in total. The Hall–Kier alpha value is -2.01. The Morgan fingerprint density at radius 3 is 2.33 bits per heavy atom. The summed E-state index contributed by atoms with van der Waals surface area (Å²) in [6.07, 6.45) is 8.59. The fourth-order valence-electron chi connectivity index (χ4n) is 4.14. The van der Waals surface area contributed by atoms with Crippen LogP contribution in [0.25, 0.3) is 0 Å². The maximum atomic E-state index is 13.1. The van der Waals surface area contributed by atoms with Crippen LogP contribution in [0.4, 0.5) is 0 Å². The number of esters is 1. The van der Waals surface area contributed by atoms with E-state index in [9.17, 15) is 19.6 Å². The second kappa shape index (κ2) is 9.79. The molecule has 27 heavy (non-hydrogen) atoms. The molecule has 1 saturated heterocycles. The molecule has 0 radical (unpaired) electrons. The van der Waals surface area contributed by atoms with E-state index >= 15 is 0 Å². The molecule has 0 bridgehead atoms. The Balaban J connectivity index is 2.44. The highest BCUT2D eigenvalue weighted by atomic mass is 32.1. The van der Waals surface area contributed by atoms with E-state index in [2.05, 4.69) is 10.6 Å². The minimum absolute atomic E-state index is 0.0594. The fourth-order valence-corrected chi connectivity index (χ4v) is 4.41. The van der Waals surface area contributed by atoms with Gasteiger partial charge < -0.3 is 15.4 Å². The number of carbonyl (C=O) groups excluding carboxylic acids is 3. The van der Waals surface area contributed by atoms with Crippen molar-refractivity contribution in [3.8, 4) is 6.07 Å². The number of carbonyl (C=O) groups is 3. The minimum Gasteiger partial charge on any atom is -0.467 e. The van der Waals surface area contributed by atoms with Gasteiger partial charge in [0.25, 0.3) is 0 Å². The smallest absolute Gasteiger partial charge is 0.334 e. The summed E-state index contributed by atoms with van der Waals surface area (Å²) in [4.78, 5) is 38.4. The largest absolute Gasteiger partial charge is 0.467 e. The van der Waals surface area contributed by atoms with Crippen molar-refractivity contribution in [1.82, 2.24) is 10.6 Å². The molecule has 0 aromatic carbocycles. The van der Waals surface area contributed by atoms with Gasteiger partial charge in [-0.15, -0.1) is 0 Å². The van der Waals surface area contributed by atoms with Crippen LogP contribution in [0.1, 0.15) is 64.2 Å². The summed E-state index contributed by atoms with van der Waals surface area (Å²) in [5, 5.41) is 14.8. The number of ether oxygens (including phenoxy) is 1. The molecular weight excluding hydrogens is 366 g/mol. The lowest BCUT2D eigenvalue weighted by molar-refractivity contribution is -0.159. The first-order valence-corrected chi connectivity index (χ1v) is 10.0. The standard InChI is InChI=1S/C19H27N3O4S/c1-26-17(25)19(14(12-20)16(24)21-18(27)22-19)13-10-8-6-4-2-3-5-7-9-11-15(13)23/h13-14H,2-11H2,1H3,(H2,21,22,24,27)/t13-,14+,19+/m0/s1. The van der Waals surface area contributed by atoms with Crippen LogP contribution in [0, 0.1) is 23.2 Å². The van der Waals surface area contributed by atoms with Gasteiger partial charge in [0, 0.05) is 6.42 Å². The lowest BCUT2D eigenvalue weighted by Gasteiger charge is -2.44. The number of ketones is 1. The van der Waals surface area contributed by atoms with Gasteiger partial charge in [0.1, 0.15) is 5.78 Å². The van der Waals surface area contributed by atoms with E-state index in [-0.39, 0.29) is 10.9 Å². The van der Waals surface area contributed by atoms with E-state index < -0.39 is 29.3 Å². The highest BCUT2D eigenvalue weighted by Crippen LogP contribution is 2.36. The number of amides is 1. The maximum Gasteiger partial charge on any atom is 0.334 e. The zero-order valence-corrected chi connectivity index (χ0v) is 16.5. The number of nitriles is 1. The van der Waals surface area contributed by atoms with E-state index in [1.165, 1.54) is 13.5 Å². The Morgan fingerprint density at radius 2 is 1.74 bits per heavy atom. The van der Waals surface area contributed by atoms with Crippen molar-refractivity contribution in [2.24, 2.45) is 11.8 Å². The lowest BCUT2D eigenvalue weighted by atomic mass is 9.68. The molecule has 3 atom stereocenters. The van der Waals surface area contributed by atoms with Gasteiger partial charge in [0.15, 0.2) is 16.6 Å². The van der Waals surface area contributed by atoms with Gasteiger partial charge >= 0.3 is 5.97 Å². The van der Waals surface area contributed by atoms with E-state index in [0.29, 0.717) is 12.8 Å². The molecule has 0 aromatic heterocycles. The van der Waals surface area contributed by atoms with Crippen molar-refractivity contribution in [2.75, 3.05) is 7.11 Å². The van der Waals surface area contributed by atoms with Crippen LogP contribution in [-0.4, -0.2) is 35.4 Å². The van der Waals surface area contributed by atoms with Gasteiger partial charge in [0.2, 0.25) is 5.91 Å². The topological polar surface area (TPSA) is 108 Å². The summed E-state index contributed by atoms with van der Waals surface area (Å²) < 4.78 is 4.95. The molecule has 2 rings (SSSR count). The predicted octanol–water partition coefficient (Wildman–Crippen LogP) is 2.14. The molecule has 2 fully saturated rings. The molecule has 0 aromatic rings. The van der Waals surface area contributed by atoms with Crippen LogP contribution in [0.15, 0.2) is 0 Å². The number of hydrogen-bond acceptors (Lipinski definition) is 6. The van der Waals surface area contributed by atoms with Crippen molar-refractivity contribution in [1.29, 1.82) is 5.26 Å². The van der Waals surface area contributed by atoms with Crippen LogP contribution < -0.4 is 10.6 Å². The molecule has 148 valence electrons. The summed E-state index contributed by atoms with van der Waals surface area (Å²) in [6, 6.07) is 1.90. The highest BCUT2D eigenvalue weighted by Gasteiger charge is 2.60. The number of hydrogen-bond donors (Lipinski definition) is 2. The molecule has 1 heterocycles. The average Bonchev–Trinajstić information content (AvgIpc) is 2.63. The lowest BCUT2D eigenvalue weighted by Crippen LogP contribution is -2.73. The molecule has 1 aliphatic carbocycles. The first kappa shape index (κ1) is 21.3. The van der Waals surface area contributed by atoms with Gasteiger partial charge in [-0.25, -0.2) is 4.79 Å². The number of methoxy groups -OCH3 is 1. The fraction of sp³-hybridized carbons (Fsp3) is 0.737. The number of Topliss-reactive ketones (excluding diaryl/α,β-unsaturated/α-hetero) is 1. The molecule has 1 amide bonds. The summed E-state index contributed by atoms with van der Waals surface area (Å²) in [6.45, 7) is 0. The van der Waals surface area contributed by atoms with Gasteiger partial charge in [-0.3, -0.25) is 9.59 Å². The molecule has 1 saturated carbocycles. The third kappa shape index (κ3) is 4.64. The van der Waals surface area contributed by atoms with Crippen molar-refractivity contribution in [2.45, 2.75) is 69.7 Å². The normalized spacial score (nSPS) is 30.7. The molecule has 1 aliphatic heterocycles. The summed E-state index contributed by atoms with van der Waals surface area (Å²) in [7, 11) is 1.19. The first-order chi connectivity index (χ1) is 13.0. The average molecular weight is 394 g/mol. The van der Waals surface area contributed by atoms with E-state index in [1.807, 2.05) is 6.07 Å². The van der Waals surface area contributed by atoms with E-state index in [1.54, 1.807) is 0 Å². The summed E-state index contributed by atoms with van der Waals surface area (Å²) >= 11 is 5.08. The Morgan fingerprint density at radius 1 is 1.15 bits per heavy atom. The van der Waals surface area contributed by atoms with Crippen LogP contribution in [0.2, 0.25) is 0 Å². The predicted molar refractivity (Wildman–Crippen MR) is 102 cm³/mol. The summed E-state index contributed by atoms with van der Waals surface area (Å²) in [5.74, 6) is -3.81. The SMILES string of the molecule is COC(=O)[C@]1([C@H]2CCCCCCCCCCC2=O)NC(=S)NC(=O)[C@H]1C#N. The van der Waals surface area contributed by atoms with Gasteiger partial charge in [-0.05, 0) is 25.1 Å². The van der Waals surface area contributed by atoms with Gasteiger partial charge in [-0.2, -0.15) is 5.26 Å². The Labute approximate surface area is 165 Å². The van der Waals surface area contributed by atoms with Crippen molar-refractivity contribution >= 4 is 35.0 Å². The number of nitrogens with one attached hydrogen (secondary N) is 2. The van der Waals surface area contributed by atoms with Crippen molar-refractivity contribution in [3.05, 3.63) is 0 Å². The number of thiocarbonyl (C=S) groups is 1. The van der Waals surface area contributed by atoms with E-state index in [0.717, 1.165) is 44.9 Å². The van der Waals surface area contributed by atoms with Crippen LogP contribution >= 0.6 is 12.2 Å². The molecule has 2 N–H and O–H groups in total. The monoisotopic (exact) mass is 393 g/mol. The van der Waals surface area contributed by atoms with Crippen LogP contribution in [0.3, 0.4) is 0 Å². The third-order valence-corrected chi connectivity index (χ3v) is 5.74.